The summed E-state index contributed by atoms with van der Waals surface area (Å²) in [6, 6.07) is 17.2. The average Bonchev–Trinajstić information content (AvgIpc) is 2.85. The van der Waals surface area contributed by atoms with E-state index in [-0.39, 0.29) is 11.3 Å². The van der Waals surface area contributed by atoms with Crippen LogP contribution in [0.4, 0.5) is 11.4 Å². The fourth-order valence-electron chi connectivity index (χ4n) is 3.54. The second kappa shape index (κ2) is 8.87. The fraction of sp³-hybridized carbons (Fsp3) is 0.130. The maximum Gasteiger partial charge on any atom is 0.276 e. The molecule has 0 bridgehead atoms. The van der Waals surface area contributed by atoms with Crippen LogP contribution in [-0.4, -0.2) is 36.0 Å². The molecule has 0 saturated heterocycles. The van der Waals surface area contributed by atoms with Crippen LogP contribution in [0.1, 0.15) is 32.4 Å². The molecule has 1 aliphatic rings. The molecule has 0 aliphatic carbocycles. The molecule has 0 saturated carbocycles. The predicted molar refractivity (Wildman–Crippen MR) is 119 cm³/mol. The smallest absolute Gasteiger partial charge is 0.276 e. The predicted octanol–water partition coefficient (Wildman–Crippen LogP) is 3.52. The number of amides is 2. The zero-order valence-corrected chi connectivity index (χ0v) is 17.8. The summed E-state index contributed by atoms with van der Waals surface area (Å²) < 4.78 is 10.8. The Kier molecular flexibility index (Phi) is 5.81. The van der Waals surface area contributed by atoms with Gasteiger partial charge in [0.25, 0.3) is 17.5 Å². The van der Waals surface area contributed by atoms with Crippen LogP contribution in [0.25, 0.3) is 0 Å². The van der Waals surface area contributed by atoms with Gasteiger partial charge in [0.05, 0.1) is 24.7 Å². The third-order valence-electron chi connectivity index (χ3n) is 5.22. The molecule has 2 N–H and O–H groups in total. The molecule has 2 amide bonds. The fourth-order valence-corrected chi connectivity index (χ4v) is 3.54. The zero-order chi connectivity index (χ0) is 23.5. The van der Waals surface area contributed by atoms with Crippen LogP contribution in [0.2, 0.25) is 0 Å². The first-order chi connectivity index (χ1) is 15.9. The topological polar surface area (TPSA) is 123 Å². The Morgan fingerprint density at radius 3 is 2.45 bits per heavy atom. The van der Waals surface area contributed by atoms with Gasteiger partial charge in [0, 0.05) is 35.0 Å². The van der Waals surface area contributed by atoms with E-state index in [1.165, 1.54) is 43.5 Å². The lowest BCUT2D eigenvalue weighted by molar-refractivity contribution is -0.384. The average molecular weight is 448 g/mol. The van der Waals surface area contributed by atoms with E-state index < -0.39 is 22.9 Å². The second-order valence-corrected chi connectivity index (χ2v) is 7.12. The lowest BCUT2D eigenvalue weighted by Crippen LogP contribution is -2.52. The summed E-state index contributed by atoms with van der Waals surface area (Å²) in [5.41, 5.74) is 4.22. The van der Waals surface area contributed by atoms with Crippen molar-refractivity contribution in [3.05, 3.63) is 93.5 Å². The number of nitro benzene ring substituents is 1. The van der Waals surface area contributed by atoms with Crippen molar-refractivity contribution >= 4 is 23.2 Å². The number of fused-ring (bicyclic) bond motifs is 1. The number of hydrogen-bond donors (Lipinski definition) is 2. The van der Waals surface area contributed by atoms with E-state index in [1.54, 1.807) is 42.5 Å². The summed E-state index contributed by atoms with van der Waals surface area (Å²) in [5, 5.41) is 15.3. The van der Waals surface area contributed by atoms with Gasteiger partial charge in [-0.25, -0.2) is 5.01 Å². The Hall–Kier alpha value is -4.60. The van der Waals surface area contributed by atoms with Crippen LogP contribution in [0, 0.1) is 10.1 Å². The number of hydrogen-bond acceptors (Lipinski definition) is 7. The van der Waals surface area contributed by atoms with Crippen molar-refractivity contribution in [1.82, 2.24) is 10.4 Å². The van der Waals surface area contributed by atoms with Crippen molar-refractivity contribution in [2.24, 2.45) is 0 Å². The van der Waals surface area contributed by atoms with Crippen LogP contribution >= 0.6 is 0 Å². The maximum absolute atomic E-state index is 13.3. The molecular formula is C23H20N4O6. The summed E-state index contributed by atoms with van der Waals surface area (Å²) >= 11 is 0. The number of rotatable bonds is 6. The van der Waals surface area contributed by atoms with E-state index in [0.29, 0.717) is 28.3 Å². The van der Waals surface area contributed by atoms with Gasteiger partial charge < -0.3 is 14.8 Å². The molecule has 1 aliphatic heterocycles. The van der Waals surface area contributed by atoms with Gasteiger partial charge in [-0.05, 0) is 36.4 Å². The normalized spacial score (nSPS) is 14.7. The van der Waals surface area contributed by atoms with Crippen molar-refractivity contribution in [3.63, 3.8) is 0 Å². The number of ether oxygens (including phenoxy) is 2. The van der Waals surface area contributed by atoms with E-state index in [9.17, 15) is 19.7 Å². The van der Waals surface area contributed by atoms with E-state index in [1.807, 2.05) is 0 Å². The summed E-state index contributed by atoms with van der Waals surface area (Å²) in [5.74, 6) is -0.00684. The van der Waals surface area contributed by atoms with Crippen LogP contribution in [0.5, 0.6) is 11.5 Å². The van der Waals surface area contributed by atoms with E-state index in [2.05, 4.69) is 10.7 Å². The van der Waals surface area contributed by atoms with Crippen LogP contribution in [0.3, 0.4) is 0 Å². The first-order valence-corrected chi connectivity index (χ1v) is 9.89. The highest BCUT2D eigenvalue weighted by Gasteiger charge is 2.36. The third-order valence-corrected chi connectivity index (χ3v) is 5.22. The number of anilines is 1. The number of carbonyl (C=O) groups excluding carboxylic acids is 2. The van der Waals surface area contributed by atoms with Gasteiger partial charge in [-0.1, -0.05) is 12.1 Å². The third kappa shape index (κ3) is 4.13. The molecule has 1 heterocycles. The van der Waals surface area contributed by atoms with Crippen molar-refractivity contribution in [1.29, 1.82) is 0 Å². The van der Waals surface area contributed by atoms with Crippen molar-refractivity contribution in [2.75, 3.05) is 19.5 Å². The zero-order valence-electron chi connectivity index (χ0n) is 17.8. The van der Waals surface area contributed by atoms with Gasteiger partial charge in [0.15, 0.2) is 6.17 Å². The minimum atomic E-state index is -0.796. The second-order valence-electron chi connectivity index (χ2n) is 7.12. The van der Waals surface area contributed by atoms with E-state index in [0.717, 1.165) is 0 Å². The van der Waals surface area contributed by atoms with Gasteiger partial charge >= 0.3 is 0 Å². The molecule has 168 valence electrons. The summed E-state index contributed by atoms with van der Waals surface area (Å²) in [7, 11) is 3.03. The van der Waals surface area contributed by atoms with Gasteiger partial charge in [-0.15, -0.1) is 0 Å². The number of methoxy groups -OCH3 is 2. The number of para-hydroxylation sites is 1. The van der Waals surface area contributed by atoms with Crippen LogP contribution in [-0.2, 0) is 0 Å². The summed E-state index contributed by atoms with van der Waals surface area (Å²) in [6.07, 6.45) is -0.796. The van der Waals surface area contributed by atoms with Gasteiger partial charge in [-0.2, -0.15) is 0 Å². The number of non-ortho nitro benzene ring substituents is 1. The molecule has 1 unspecified atom stereocenters. The number of hydrazine groups is 1. The lowest BCUT2D eigenvalue weighted by atomic mass is 10.0. The molecular weight excluding hydrogens is 428 g/mol. The Labute approximate surface area is 188 Å². The highest BCUT2D eigenvalue weighted by Crippen LogP contribution is 2.37. The SMILES string of the molecule is COc1ccc(C2Nc3ccccc3C(=O)N2NC(=O)c2ccc([N+](=O)[O-])cc2)c(OC)c1. The standard InChI is InChI=1S/C23H20N4O6/c1-32-16-11-12-18(20(13-16)33-2)21-24-19-6-4-3-5-17(19)23(29)26(21)25-22(28)14-7-9-15(10-8-14)27(30)31/h3-13,21,24H,1-2H3,(H,25,28). The molecule has 0 fully saturated rings. The quantitative estimate of drug-likeness (QED) is 0.437. The monoisotopic (exact) mass is 448 g/mol. The first-order valence-electron chi connectivity index (χ1n) is 9.89. The number of nitro groups is 1. The minimum Gasteiger partial charge on any atom is -0.497 e. The molecule has 3 aromatic carbocycles. The summed E-state index contributed by atoms with van der Waals surface area (Å²) in [4.78, 5) is 36.6. The van der Waals surface area contributed by atoms with Crippen molar-refractivity contribution in [2.45, 2.75) is 6.17 Å². The maximum atomic E-state index is 13.3. The Balaban J connectivity index is 1.72. The molecule has 4 rings (SSSR count). The highest BCUT2D eigenvalue weighted by molar-refractivity contribution is 6.04. The molecule has 3 aromatic rings. The van der Waals surface area contributed by atoms with E-state index >= 15 is 0 Å². The Bertz CT molecular complexity index is 1230. The lowest BCUT2D eigenvalue weighted by Gasteiger charge is -2.38. The molecule has 1 atom stereocenters. The van der Waals surface area contributed by atoms with Crippen molar-refractivity contribution in [3.8, 4) is 11.5 Å². The van der Waals surface area contributed by atoms with E-state index in [4.69, 9.17) is 9.47 Å². The van der Waals surface area contributed by atoms with Gasteiger partial charge in [0.1, 0.15) is 11.5 Å². The van der Waals surface area contributed by atoms with Gasteiger partial charge in [-0.3, -0.25) is 25.1 Å². The molecule has 0 aromatic heterocycles. The molecule has 0 spiro atoms. The Morgan fingerprint density at radius 1 is 1.06 bits per heavy atom. The van der Waals surface area contributed by atoms with Gasteiger partial charge in [0.2, 0.25) is 0 Å². The largest absolute Gasteiger partial charge is 0.497 e. The highest BCUT2D eigenvalue weighted by atomic mass is 16.6. The Morgan fingerprint density at radius 2 is 1.79 bits per heavy atom. The number of benzene rings is 3. The number of nitrogens with zero attached hydrogens (tertiary/aromatic N) is 2. The minimum absolute atomic E-state index is 0.142. The van der Waals surface area contributed by atoms with Crippen molar-refractivity contribution < 1.29 is 24.0 Å². The first kappa shape index (κ1) is 21.6. The molecule has 0 radical (unpaired) electrons. The van der Waals surface area contributed by atoms with Crippen LogP contribution < -0.4 is 20.2 Å². The number of nitrogens with one attached hydrogen (secondary N) is 2. The molecule has 33 heavy (non-hydrogen) atoms. The van der Waals surface area contributed by atoms with Crippen LogP contribution in [0.15, 0.2) is 66.7 Å². The number of carbonyl (C=O) groups is 2. The molecule has 10 nitrogen and oxygen atoms in total. The molecule has 10 heteroatoms. The summed E-state index contributed by atoms with van der Waals surface area (Å²) in [6.45, 7) is 0.